The summed E-state index contributed by atoms with van der Waals surface area (Å²) in [6, 6.07) is 6.79. The quantitative estimate of drug-likeness (QED) is 0.797. The number of nitrogens with zero attached hydrogens (tertiary/aromatic N) is 1. The monoisotopic (exact) mass is 281 g/mol. The van der Waals surface area contributed by atoms with E-state index in [4.69, 9.17) is 0 Å². The Bertz CT molecular complexity index is 354. The second kappa shape index (κ2) is 5.33. The molecule has 0 bridgehead atoms. The third-order valence-corrected chi connectivity index (χ3v) is 4.14. The average molecular weight is 282 g/mol. The molecule has 0 amide bonds. The van der Waals surface area contributed by atoms with Crippen molar-refractivity contribution in [3.05, 3.63) is 33.8 Å². The van der Waals surface area contributed by atoms with Gasteiger partial charge in [-0.2, -0.15) is 0 Å². The van der Waals surface area contributed by atoms with E-state index in [1.54, 1.807) is 5.56 Å². The van der Waals surface area contributed by atoms with Crippen LogP contribution >= 0.6 is 15.9 Å². The molecule has 0 unspecified atom stereocenters. The van der Waals surface area contributed by atoms with Crippen molar-refractivity contribution in [1.82, 2.24) is 4.90 Å². The first-order valence-electron chi connectivity index (χ1n) is 6.17. The summed E-state index contributed by atoms with van der Waals surface area (Å²) in [7, 11) is 2.22. The van der Waals surface area contributed by atoms with E-state index in [0.717, 1.165) is 12.3 Å². The zero-order valence-electron chi connectivity index (χ0n) is 10.2. The molecule has 1 fully saturated rings. The predicted octanol–water partition coefficient (Wildman–Crippen LogP) is 3.82. The maximum atomic E-state index is 3.56. The Hall–Kier alpha value is -0.340. The van der Waals surface area contributed by atoms with Gasteiger partial charge in [0, 0.05) is 4.47 Å². The second-order valence-electron chi connectivity index (χ2n) is 4.77. The van der Waals surface area contributed by atoms with Crippen molar-refractivity contribution in [1.29, 1.82) is 0 Å². The van der Waals surface area contributed by atoms with Gasteiger partial charge in [-0.25, -0.2) is 0 Å². The standard InChI is InChI=1S/C14H20BrN/c1-3-11-10-13(15)4-5-14(11)12-6-8-16(2)9-7-12/h4-5,10,12H,3,6-9H2,1-2H3. The van der Waals surface area contributed by atoms with Gasteiger partial charge in [-0.05, 0) is 68.6 Å². The minimum atomic E-state index is 0.777. The van der Waals surface area contributed by atoms with Gasteiger partial charge < -0.3 is 4.90 Å². The Morgan fingerprint density at radius 2 is 2.00 bits per heavy atom. The van der Waals surface area contributed by atoms with Crippen molar-refractivity contribution in [2.75, 3.05) is 20.1 Å². The Balaban J connectivity index is 2.19. The fourth-order valence-electron chi connectivity index (χ4n) is 2.60. The van der Waals surface area contributed by atoms with Crippen LogP contribution in [0.1, 0.15) is 36.8 Å². The molecule has 0 atom stereocenters. The van der Waals surface area contributed by atoms with Crippen LogP contribution in [0.5, 0.6) is 0 Å². The zero-order valence-corrected chi connectivity index (χ0v) is 11.8. The summed E-state index contributed by atoms with van der Waals surface area (Å²) in [5.41, 5.74) is 3.10. The normalized spacial score (nSPS) is 18.9. The number of aryl methyl sites for hydroxylation is 1. The van der Waals surface area contributed by atoms with Crippen LogP contribution in [0.3, 0.4) is 0 Å². The van der Waals surface area contributed by atoms with E-state index in [1.165, 1.54) is 36.0 Å². The lowest BCUT2D eigenvalue weighted by molar-refractivity contribution is 0.255. The molecular formula is C14H20BrN. The third-order valence-electron chi connectivity index (χ3n) is 3.64. The topological polar surface area (TPSA) is 3.24 Å². The highest BCUT2D eigenvalue weighted by molar-refractivity contribution is 9.10. The molecule has 88 valence electrons. The second-order valence-corrected chi connectivity index (χ2v) is 5.69. The highest BCUT2D eigenvalue weighted by atomic mass is 79.9. The van der Waals surface area contributed by atoms with Gasteiger partial charge in [-0.1, -0.05) is 28.9 Å². The highest BCUT2D eigenvalue weighted by Crippen LogP contribution is 2.31. The molecule has 1 aromatic rings. The van der Waals surface area contributed by atoms with Crippen molar-refractivity contribution in [3.63, 3.8) is 0 Å². The molecule has 0 spiro atoms. The average Bonchev–Trinajstić information content (AvgIpc) is 2.30. The molecular weight excluding hydrogens is 262 g/mol. The molecule has 1 aliphatic heterocycles. The van der Waals surface area contributed by atoms with Crippen LogP contribution < -0.4 is 0 Å². The van der Waals surface area contributed by atoms with Gasteiger partial charge in [0.2, 0.25) is 0 Å². The molecule has 0 radical (unpaired) electrons. The SMILES string of the molecule is CCc1cc(Br)ccc1C1CCN(C)CC1. The van der Waals surface area contributed by atoms with Crippen molar-refractivity contribution in [2.45, 2.75) is 32.1 Å². The van der Waals surface area contributed by atoms with E-state index in [0.29, 0.717) is 0 Å². The van der Waals surface area contributed by atoms with E-state index in [9.17, 15) is 0 Å². The van der Waals surface area contributed by atoms with E-state index in [1.807, 2.05) is 0 Å². The maximum Gasteiger partial charge on any atom is 0.0178 e. The van der Waals surface area contributed by atoms with Crippen molar-refractivity contribution >= 4 is 15.9 Å². The molecule has 0 N–H and O–H groups in total. The zero-order chi connectivity index (χ0) is 11.5. The Morgan fingerprint density at radius 3 is 2.62 bits per heavy atom. The number of hydrogen-bond donors (Lipinski definition) is 0. The smallest absolute Gasteiger partial charge is 0.0178 e. The molecule has 0 aliphatic carbocycles. The first kappa shape index (κ1) is 12.1. The lowest BCUT2D eigenvalue weighted by atomic mass is 9.86. The fraction of sp³-hybridized carbons (Fsp3) is 0.571. The van der Waals surface area contributed by atoms with Gasteiger partial charge in [-0.3, -0.25) is 0 Å². The maximum absolute atomic E-state index is 3.56. The minimum Gasteiger partial charge on any atom is -0.306 e. The summed E-state index contributed by atoms with van der Waals surface area (Å²) in [5, 5.41) is 0. The van der Waals surface area contributed by atoms with Crippen molar-refractivity contribution < 1.29 is 0 Å². The van der Waals surface area contributed by atoms with Crippen molar-refractivity contribution in [2.24, 2.45) is 0 Å². The van der Waals surface area contributed by atoms with Crippen molar-refractivity contribution in [3.8, 4) is 0 Å². The number of likely N-dealkylation sites (tertiary alicyclic amines) is 1. The molecule has 1 aromatic carbocycles. The first-order chi connectivity index (χ1) is 7.70. The number of rotatable bonds is 2. The largest absolute Gasteiger partial charge is 0.306 e. The predicted molar refractivity (Wildman–Crippen MR) is 73.0 cm³/mol. The van der Waals surface area contributed by atoms with Gasteiger partial charge in [0.25, 0.3) is 0 Å². The number of halogens is 1. The van der Waals surface area contributed by atoms with Crippen LogP contribution in [-0.2, 0) is 6.42 Å². The van der Waals surface area contributed by atoms with Gasteiger partial charge in [0.05, 0.1) is 0 Å². The van der Waals surface area contributed by atoms with E-state index in [2.05, 4.69) is 53.0 Å². The van der Waals surface area contributed by atoms with Crippen LogP contribution in [-0.4, -0.2) is 25.0 Å². The van der Waals surface area contributed by atoms with Crippen LogP contribution in [0.2, 0.25) is 0 Å². The Labute approximate surface area is 107 Å². The van der Waals surface area contributed by atoms with Gasteiger partial charge in [0.1, 0.15) is 0 Å². The van der Waals surface area contributed by atoms with Crippen LogP contribution in [0.4, 0.5) is 0 Å². The van der Waals surface area contributed by atoms with E-state index < -0.39 is 0 Å². The number of hydrogen-bond acceptors (Lipinski definition) is 1. The minimum absolute atomic E-state index is 0.777. The molecule has 16 heavy (non-hydrogen) atoms. The molecule has 1 heterocycles. The number of piperidine rings is 1. The Morgan fingerprint density at radius 1 is 1.31 bits per heavy atom. The molecule has 2 rings (SSSR count). The van der Waals surface area contributed by atoms with Crippen LogP contribution in [0, 0.1) is 0 Å². The molecule has 1 saturated heterocycles. The molecule has 1 nitrogen and oxygen atoms in total. The molecule has 2 heteroatoms. The summed E-state index contributed by atoms with van der Waals surface area (Å²) in [6.07, 6.45) is 3.76. The van der Waals surface area contributed by atoms with Gasteiger partial charge in [-0.15, -0.1) is 0 Å². The lowest BCUT2D eigenvalue weighted by Crippen LogP contribution is -2.29. The van der Waals surface area contributed by atoms with Crippen LogP contribution in [0.15, 0.2) is 22.7 Å². The first-order valence-corrected chi connectivity index (χ1v) is 6.97. The van der Waals surface area contributed by atoms with Gasteiger partial charge in [0.15, 0.2) is 0 Å². The molecule has 0 saturated carbocycles. The fourth-order valence-corrected chi connectivity index (χ4v) is 3.01. The van der Waals surface area contributed by atoms with E-state index in [-0.39, 0.29) is 0 Å². The summed E-state index contributed by atoms with van der Waals surface area (Å²) in [5.74, 6) is 0.777. The summed E-state index contributed by atoms with van der Waals surface area (Å²) >= 11 is 3.56. The Kier molecular flexibility index (Phi) is 4.04. The highest BCUT2D eigenvalue weighted by Gasteiger charge is 2.20. The third kappa shape index (κ3) is 2.67. The number of benzene rings is 1. The van der Waals surface area contributed by atoms with Crippen LogP contribution in [0.25, 0.3) is 0 Å². The summed E-state index contributed by atoms with van der Waals surface area (Å²) in [6.45, 7) is 4.73. The lowest BCUT2D eigenvalue weighted by Gasteiger charge is -2.30. The molecule has 0 aromatic heterocycles. The summed E-state index contributed by atoms with van der Waals surface area (Å²) < 4.78 is 1.21. The summed E-state index contributed by atoms with van der Waals surface area (Å²) in [4.78, 5) is 2.43. The van der Waals surface area contributed by atoms with Gasteiger partial charge >= 0.3 is 0 Å². The van der Waals surface area contributed by atoms with E-state index >= 15 is 0 Å². The molecule has 1 aliphatic rings.